The predicted molar refractivity (Wildman–Crippen MR) is 139 cm³/mol. The highest BCUT2D eigenvalue weighted by molar-refractivity contribution is 14.1. The minimum Gasteiger partial charge on any atom is -0.298 e. The molecule has 8 heteroatoms. The van der Waals surface area contributed by atoms with Crippen LogP contribution in [0.4, 0.5) is 0 Å². The van der Waals surface area contributed by atoms with Crippen LogP contribution in [0.3, 0.4) is 0 Å². The molecule has 0 heterocycles. The van der Waals surface area contributed by atoms with Crippen LogP contribution in [-0.4, -0.2) is 12.6 Å². The number of carbonyl (C=O) groups is 2. The van der Waals surface area contributed by atoms with Gasteiger partial charge in [-0.25, -0.2) is 0 Å². The first kappa shape index (κ1) is 20.5. The summed E-state index contributed by atoms with van der Waals surface area (Å²) in [6.45, 7) is 0. The van der Waals surface area contributed by atoms with Gasteiger partial charge >= 0.3 is 0 Å². The van der Waals surface area contributed by atoms with E-state index in [2.05, 4.69) is 136 Å². The van der Waals surface area contributed by atoms with Crippen LogP contribution >= 0.6 is 136 Å². The lowest BCUT2D eigenvalue weighted by Gasteiger charge is -2.17. The fourth-order valence-corrected chi connectivity index (χ4v) is 10.2. The SMILES string of the molecule is O=Cc1c(I)cc(I)c(-c2c(I)cc(I)c(C=O)c2I)c1I. The lowest BCUT2D eigenvalue weighted by atomic mass is 10.0. The maximum atomic E-state index is 11.4. The summed E-state index contributed by atoms with van der Waals surface area (Å²) >= 11 is 13.4. The van der Waals surface area contributed by atoms with Gasteiger partial charge in [-0.2, -0.15) is 0 Å². The van der Waals surface area contributed by atoms with Gasteiger partial charge < -0.3 is 0 Å². The zero-order valence-electron chi connectivity index (χ0n) is 10.4. The molecule has 0 unspecified atom stereocenters. The monoisotopic (exact) mass is 965 g/mol. The fourth-order valence-electron chi connectivity index (χ4n) is 1.89. The van der Waals surface area contributed by atoms with Crippen molar-refractivity contribution in [3.05, 3.63) is 44.7 Å². The smallest absolute Gasteiger partial charge is 0.152 e. The van der Waals surface area contributed by atoms with Gasteiger partial charge in [0.25, 0.3) is 0 Å². The number of rotatable bonds is 3. The topological polar surface area (TPSA) is 34.1 Å². The van der Waals surface area contributed by atoms with Crippen LogP contribution in [0.5, 0.6) is 0 Å². The van der Waals surface area contributed by atoms with Crippen LogP contribution in [-0.2, 0) is 0 Å². The maximum absolute atomic E-state index is 11.4. The van der Waals surface area contributed by atoms with Crippen LogP contribution in [0.25, 0.3) is 11.1 Å². The third-order valence-corrected chi connectivity index (χ3v) is 8.62. The molecule has 2 aromatic carbocycles. The van der Waals surface area contributed by atoms with Gasteiger partial charge in [0, 0.05) is 43.7 Å². The molecule has 0 N–H and O–H groups in total. The van der Waals surface area contributed by atoms with Crippen molar-refractivity contribution in [2.24, 2.45) is 0 Å². The van der Waals surface area contributed by atoms with E-state index in [0.717, 1.165) is 45.1 Å². The highest BCUT2D eigenvalue weighted by atomic mass is 127. The van der Waals surface area contributed by atoms with E-state index in [1.165, 1.54) is 0 Å². The standard InChI is InChI=1S/C14H4I6O2/c15-7-1-9(17)11(13(19)5(7)3-21)12-10(18)2-8(16)6(4-22)14(12)20/h1-4H. The van der Waals surface area contributed by atoms with E-state index in [-0.39, 0.29) is 0 Å². The van der Waals surface area contributed by atoms with Crippen LogP contribution in [0.2, 0.25) is 0 Å². The van der Waals surface area contributed by atoms with Crippen LogP contribution < -0.4 is 0 Å². The highest BCUT2D eigenvalue weighted by Gasteiger charge is 2.22. The summed E-state index contributed by atoms with van der Waals surface area (Å²) < 4.78 is 5.89. The first-order chi connectivity index (χ1) is 10.3. The Hall–Kier alpha value is 2.16. The highest BCUT2D eigenvalue weighted by Crippen LogP contribution is 2.40. The molecular weight excluding hydrogens is 962 g/mol. The number of aldehydes is 2. The van der Waals surface area contributed by atoms with Crippen molar-refractivity contribution in [1.29, 1.82) is 0 Å². The molecule has 2 nitrogen and oxygen atoms in total. The van der Waals surface area contributed by atoms with Crippen molar-refractivity contribution in [2.75, 3.05) is 0 Å². The van der Waals surface area contributed by atoms with Crippen LogP contribution in [0.1, 0.15) is 20.7 Å². The van der Waals surface area contributed by atoms with Crippen molar-refractivity contribution in [3.63, 3.8) is 0 Å². The molecule has 0 atom stereocenters. The Balaban J connectivity index is 2.95. The Bertz CT molecular complexity index is 733. The molecule has 0 aromatic heterocycles. The molecule has 2 aromatic rings. The maximum Gasteiger partial charge on any atom is 0.152 e. The Morgan fingerprint density at radius 2 is 0.909 bits per heavy atom. The molecule has 0 aliphatic heterocycles. The zero-order valence-corrected chi connectivity index (χ0v) is 23.3. The first-order valence-electron chi connectivity index (χ1n) is 5.59. The molecular formula is C14H4I6O2. The van der Waals surface area contributed by atoms with Crippen LogP contribution in [0, 0.1) is 21.4 Å². The van der Waals surface area contributed by atoms with E-state index in [9.17, 15) is 9.59 Å². The quantitative estimate of drug-likeness (QED) is 0.257. The second kappa shape index (κ2) is 8.70. The largest absolute Gasteiger partial charge is 0.298 e. The Kier molecular flexibility index (Phi) is 8.09. The summed E-state index contributed by atoms with van der Waals surface area (Å²) in [5.41, 5.74) is 3.46. The predicted octanol–water partition coefficient (Wildman–Crippen LogP) is 6.61. The van der Waals surface area contributed by atoms with Crippen molar-refractivity contribution < 1.29 is 9.59 Å². The van der Waals surface area contributed by atoms with Gasteiger partial charge in [0.2, 0.25) is 0 Å². The average Bonchev–Trinajstić information content (AvgIpc) is 2.42. The second-order valence-corrected chi connectivity index (χ2v) is 10.9. The molecule has 0 bridgehead atoms. The van der Waals surface area contributed by atoms with Gasteiger partial charge in [-0.05, 0) is 148 Å². The van der Waals surface area contributed by atoms with Crippen molar-refractivity contribution in [2.45, 2.75) is 0 Å². The molecule has 0 saturated carbocycles. The summed E-state index contributed by atoms with van der Waals surface area (Å²) in [6, 6.07) is 4.01. The average molecular weight is 966 g/mol. The van der Waals surface area contributed by atoms with Crippen LogP contribution in [0.15, 0.2) is 12.1 Å². The second-order valence-electron chi connectivity index (χ2n) is 4.12. The summed E-state index contributed by atoms with van der Waals surface area (Å²) in [4.78, 5) is 22.8. The molecule has 22 heavy (non-hydrogen) atoms. The van der Waals surface area contributed by atoms with Gasteiger partial charge in [-0.1, -0.05) is 0 Å². The minimum atomic E-state index is 0.703. The molecule has 114 valence electrons. The van der Waals surface area contributed by atoms with Gasteiger partial charge in [0.15, 0.2) is 12.6 Å². The van der Waals surface area contributed by atoms with E-state index < -0.39 is 0 Å². The number of carbonyl (C=O) groups excluding carboxylic acids is 2. The third-order valence-electron chi connectivity index (χ3n) is 2.90. The number of benzene rings is 2. The molecule has 2 rings (SSSR count). The molecule has 0 aliphatic carbocycles. The zero-order chi connectivity index (χ0) is 16.6. The van der Waals surface area contributed by atoms with Gasteiger partial charge in [0.1, 0.15) is 0 Å². The van der Waals surface area contributed by atoms with E-state index in [1.807, 2.05) is 12.1 Å². The van der Waals surface area contributed by atoms with E-state index in [0.29, 0.717) is 11.1 Å². The van der Waals surface area contributed by atoms with Crippen molar-refractivity contribution in [1.82, 2.24) is 0 Å². The molecule has 0 spiro atoms. The summed E-state index contributed by atoms with van der Waals surface area (Å²) in [7, 11) is 0. The number of hydrogen-bond donors (Lipinski definition) is 0. The normalized spacial score (nSPS) is 10.6. The van der Waals surface area contributed by atoms with Gasteiger partial charge in [-0.3, -0.25) is 9.59 Å². The number of halogens is 6. The molecule has 0 radical (unpaired) electrons. The van der Waals surface area contributed by atoms with Crippen molar-refractivity contribution >= 4 is 148 Å². The van der Waals surface area contributed by atoms with Crippen molar-refractivity contribution in [3.8, 4) is 11.1 Å². The molecule has 0 aliphatic rings. The van der Waals surface area contributed by atoms with E-state index >= 15 is 0 Å². The summed E-state index contributed by atoms with van der Waals surface area (Å²) in [5.74, 6) is 0. The summed E-state index contributed by atoms with van der Waals surface area (Å²) in [6.07, 6.45) is 1.80. The van der Waals surface area contributed by atoms with E-state index in [1.54, 1.807) is 0 Å². The lowest BCUT2D eigenvalue weighted by molar-refractivity contribution is 0.111. The summed E-state index contributed by atoms with van der Waals surface area (Å²) in [5, 5.41) is 0. The van der Waals surface area contributed by atoms with Gasteiger partial charge in [0.05, 0.1) is 0 Å². The minimum absolute atomic E-state index is 0.703. The number of hydrogen-bond acceptors (Lipinski definition) is 2. The Labute approximate surface area is 209 Å². The third kappa shape index (κ3) is 3.94. The Morgan fingerprint density at radius 1 is 0.591 bits per heavy atom. The first-order valence-corrected chi connectivity index (χ1v) is 12.1. The molecule has 0 saturated heterocycles. The fraction of sp³-hybridized carbons (Fsp3) is 0. The van der Waals surface area contributed by atoms with Gasteiger partial charge in [-0.15, -0.1) is 0 Å². The van der Waals surface area contributed by atoms with E-state index in [4.69, 9.17) is 0 Å². The molecule has 0 amide bonds. The molecule has 0 fully saturated rings. The lowest BCUT2D eigenvalue weighted by Crippen LogP contribution is -2.03. The Morgan fingerprint density at radius 3 is 1.18 bits per heavy atom.